The van der Waals surface area contributed by atoms with Gasteiger partial charge >= 0.3 is 0 Å². The normalized spacial score (nSPS) is 15.9. The zero-order valence-corrected chi connectivity index (χ0v) is 17.5. The zero-order valence-electron chi connectivity index (χ0n) is 16.7. The molecule has 6 nitrogen and oxygen atoms in total. The van der Waals surface area contributed by atoms with Crippen LogP contribution in [-0.4, -0.2) is 10.9 Å². The molecular formula is C24H16N2O4S. The van der Waals surface area contributed by atoms with Gasteiger partial charge in [0.25, 0.3) is 5.91 Å². The summed E-state index contributed by atoms with van der Waals surface area (Å²) in [5.74, 6) is 0.131. The molecule has 0 spiro atoms. The van der Waals surface area contributed by atoms with Crippen LogP contribution in [0.3, 0.4) is 0 Å². The summed E-state index contributed by atoms with van der Waals surface area (Å²) in [7, 11) is 0. The summed E-state index contributed by atoms with van der Waals surface area (Å²) in [6.45, 7) is 4.03. The molecule has 7 heteroatoms. The van der Waals surface area contributed by atoms with Crippen molar-refractivity contribution in [3.8, 4) is 0 Å². The second-order valence-corrected chi connectivity index (χ2v) is 8.70. The van der Waals surface area contributed by atoms with Crippen LogP contribution in [0.4, 0.5) is 5.13 Å². The van der Waals surface area contributed by atoms with Crippen LogP contribution in [0, 0.1) is 13.8 Å². The minimum Gasteiger partial charge on any atom is -0.467 e. The van der Waals surface area contributed by atoms with Crippen LogP contribution in [0.25, 0.3) is 21.2 Å². The molecule has 0 fully saturated rings. The van der Waals surface area contributed by atoms with E-state index < -0.39 is 11.9 Å². The molecule has 0 saturated carbocycles. The van der Waals surface area contributed by atoms with E-state index in [4.69, 9.17) is 13.8 Å². The Balaban J connectivity index is 1.64. The molecule has 0 radical (unpaired) electrons. The Bertz CT molecular complexity index is 1560. The van der Waals surface area contributed by atoms with Gasteiger partial charge in [0.2, 0.25) is 5.76 Å². The lowest BCUT2D eigenvalue weighted by Gasteiger charge is -2.19. The van der Waals surface area contributed by atoms with Crippen molar-refractivity contribution >= 4 is 43.6 Å². The highest BCUT2D eigenvalue weighted by Gasteiger charge is 2.46. The third-order valence-electron chi connectivity index (χ3n) is 5.61. The molecule has 1 amide bonds. The first kappa shape index (κ1) is 18.1. The summed E-state index contributed by atoms with van der Waals surface area (Å²) in [5.41, 5.74) is 3.44. The minimum absolute atomic E-state index is 0.0391. The first-order chi connectivity index (χ1) is 15.0. The number of hydrogen-bond donors (Lipinski definition) is 0. The molecule has 3 aromatic heterocycles. The van der Waals surface area contributed by atoms with Crippen LogP contribution in [0.5, 0.6) is 0 Å². The van der Waals surface area contributed by atoms with E-state index in [1.54, 1.807) is 36.4 Å². The van der Waals surface area contributed by atoms with Crippen molar-refractivity contribution in [2.45, 2.75) is 19.9 Å². The summed E-state index contributed by atoms with van der Waals surface area (Å²) in [6.07, 6.45) is 1.53. The summed E-state index contributed by atoms with van der Waals surface area (Å²) in [4.78, 5) is 33.3. The number of rotatable bonds is 2. The highest BCUT2D eigenvalue weighted by molar-refractivity contribution is 7.22. The molecule has 6 rings (SSSR count). The van der Waals surface area contributed by atoms with Gasteiger partial charge in [0.1, 0.15) is 17.4 Å². The lowest BCUT2D eigenvalue weighted by atomic mass is 10.0. The molecule has 1 atom stereocenters. The SMILES string of the molecule is Cc1cc(C)c2nc(N3C(=O)c4oc5ccccc5c(=O)c4[C@H]3c3ccco3)sc2c1. The van der Waals surface area contributed by atoms with Gasteiger partial charge in [0.05, 0.1) is 27.4 Å². The number of benzene rings is 2. The average Bonchev–Trinajstić information content (AvgIpc) is 3.47. The maximum atomic E-state index is 13.5. The van der Waals surface area contributed by atoms with Gasteiger partial charge in [-0.3, -0.25) is 14.5 Å². The summed E-state index contributed by atoms with van der Waals surface area (Å²) in [6, 6.07) is 13.8. The third-order valence-corrected chi connectivity index (χ3v) is 6.62. The number of aryl methyl sites for hydroxylation is 2. The van der Waals surface area contributed by atoms with E-state index >= 15 is 0 Å². The monoisotopic (exact) mass is 428 g/mol. The number of carbonyl (C=O) groups is 1. The van der Waals surface area contributed by atoms with Gasteiger partial charge < -0.3 is 8.83 Å². The lowest BCUT2D eigenvalue weighted by Crippen LogP contribution is -2.29. The van der Waals surface area contributed by atoms with Gasteiger partial charge in [-0.1, -0.05) is 29.5 Å². The number of hydrogen-bond acceptors (Lipinski definition) is 6. The fourth-order valence-electron chi connectivity index (χ4n) is 4.29. The van der Waals surface area contributed by atoms with Crippen LogP contribution >= 0.6 is 11.3 Å². The Labute approximate surface area is 180 Å². The number of fused-ring (bicyclic) bond motifs is 3. The predicted molar refractivity (Wildman–Crippen MR) is 119 cm³/mol. The number of furan rings is 1. The van der Waals surface area contributed by atoms with Crippen LogP contribution in [-0.2, 0) is 0 Å². The molecule has 1 aliphatic heterocycles. The molecule has 0 unspecified atom stereocenters. The standard InChI is InChI=1S/C24H16N2O4S/c1-12-10-13(2)19-17(11-12)31-24(25-19)26-20(16-8-5-9-29-16)18-21(27)14-6-3-4-7-15(14)30-22(18)23(26)28/h3-11,20H,1-2H3/t20-/m1/s1. The molecule has 1 aliphatic rings. The van der Waals surface area contributed by atoms with Crippen LogP contribution in [0.2, 0.25) is 0 Å². The van der Waals surface area contributed by atoms with Crippen molar-refractivity contribution in [1.29, 1.82) is 0 Å². The second kappa shape index (κ2) is 6.39. The number of para-hydroxylation sites is 1. The van der Waals surface area contributed by atoms with Crippen molar-refractivity contribution in [2.75, 3.05) is 4.90 Å². The zero-order chi connectivity index (χ0) is 21.3. The second-order valence-electron chi connectivity index (χ2n) is 7.69. The maximum absolute atomic E-state index is 13.5. The lowest BCUT2D eigenvalue weighted by molar-refractivity contribution is 0.0969. The number of anilines is 1. The van der Waals surface area contributed by atoms with Crippen molar-refractivity contribution in [1.82, 2.24) is 4.98 Å². The van der Waals surface area contributed by atoms with Gasteiger partial charge in [0, 0.05) is 0 Å². The van der Waals surface area contributed by atoms with E-state index in [0.29, 0.717) is 21.9 Å². The Hall–Kier alpha value is -3.71. The van der Waals surface area contributed by atoms with Gasteiger partial charge in [-0.2, -0.15) is 0 Å². The van der Waals surface area contributed by atoms with E-state index in [9.17, 15) is 9.59 Å². The molecule has 0 aliphatic carbocycles. The fourth-order valence-corrected chi connectivity index (χ4v) is 5.46. The first-order valence-corrected chi connectivity index (χ1v) is 10.6. The number of amides is 1. The maximum Gasteiger partial charge on any atom is 0.297 e. The molecular weight excluding hydrogens is 412 g/mol. The Kier molecular flexibility index (Phi) is 3.73. The highest BCUT2D eigenvalue weighted by Crippen LogP contribution is 2.44. The van der Waals surface area contributed by atoms with E-state index in [2.05, 4.69) is 12.1 Å². The quantitative estimate of drug-likeness (QED) is 0.378. The van der Waals surface area contributed by atoms with Gasteiger partial charge in [-0.15, -0.1) is 0 Å². The Morgan fingerprint density at radius 3 is 2.71 bits per heavy atom. The van der Waals surface area contributed by atoms with Gasteiger partial charge in [-0.25, -0.2) is 4.98 Å². The smallest absolute Gasteiger partial charge is 0.297 e. The molecule has 2 aromatic carbocycles. The van der Waals surface area contributed by atoms with E-state index in [1.807, 2.05) is 13.8 Å². The molecule has 0 N–H and O–H groups in total. The summed E-state index contributed by atoms with van der Waals surface area (Å²) in [5, 5.41) is 0.938. The molecule has 31 heavy (non-hydrogen) atoms. The van der Waals surface area contributed by atoms with E-state index in [1.165, 1.54) is 22.5 Å². The number of thiazole rings is 1. The topological polar surface area (TPSA) is 76.6 Å². The predicted octanol–water partition coefficient (Wildman–Crippen LogP) is 5.36. The minimum atomic E-state index is -0.736. The summed E-state index contributed by atoms with van der Waals surface area (Å²) < 4.78 is 12.6. The number of nitrogens with zero attached hydrogens (tertiary/aromatic N) is 2. The Morgan fingerprint density at radius 2 is 1.90 bits per heavy atom. The van der Waals surface area contributed by atoms with Crippen LogP contribution in [0.15, 0.2) is 68.4 Å². The first-order valence-electron chi connectivity index (χ1n) is 9.83. The number of carbonyl (C=O) groups excluding carboxylic acids is 1. The van der Waals surface area contributed by atoms with E-state index in [0.717, 1.165) is 21.3 Å². The molecule has 0 bridgehead atoms. The van der Waals surface area contributed by atoms with Gasteiger partial charge in [0.15, 0.2) is 10.6 Å². The molecule has 0 saturated heterocycles. The largest absolute Gasteiger partial charge is 0.467 e. The van der Waals surface area contributed by atoms with Crippen molar-refractivity contribution in [2.24, 2.45) is 0 Å². The molecule has 5 aromatic rings. The van der Waals surface area contributed by atoms with Crippen LogP contribution < -0.4 is 10.3 Å². The number of aromatic nitrogens is 1. The van der Waals surface area contributed by atoms with Crippen molar-refractivity contribution in [3.63, 3.8) is 0 Å². The third kappa shape index (κ3) is 2.53. The molecule has 4 heterocycles. The van der Waals surface area contributed by atoms with Gasteiger partial charge in [-0.05, 0) is 55.3 Å². The highest BCUT2D eigenvalue weighted by atomic mass is 32.1. The van der Waals surface area contributed by atoms with Crippen LogP contribution in [0.1, 0.15) is 39.0 Å². The molecule has 152 valence electrons. The average molecular weight is 428 g/mol. The fraction of sp³-hybridized carbons (Fsp3) is 0.125. The Morgan fingerprint density at radius 1 is 1.06 bits per heavy atom. The summed E-state index contributed by atoms with van der Waals surface area (Å²) >= 11 is 1.42. The van der Waals surface area contributed by atoms with Crippen molar-refractivity contribution in [3.05, 3.63) is 93.2 Å². The van der Waals surface area contributed by atoms with Crippen molar-refractivity contribution < 1.29 is 13.6 Å². The van der Waals surface area contributed by atoms with E-state index in [-0.39, 0.29) is 16.8 Å².